The van der Waals surface area contributed by atoms with Crippen molar-refractivity contribution in [3.05, 3.63) is 59.7 Å². The smallest absolute Gasteiger partial charge is 0.324 e. The van der Waals surface area contributed by atoms with Crippen molar-refractivity contribution in [3.63, 3.8) is 0 Å². The standard InChI is InChI=1S/C25H31N3O.ClH/c29-25(27-17-9-2-10-18-27)28-22-13-5-3-11-20(22)19-24(26-15-7-1-8-16-26)21-12-4-6-14-23(21)28;/h3-6,11-14,24H,1-2,7-10,15-19H2;1H. The van der Waals surface area contributed by atoms with Gasteiger partial charge in [0.05, 0.1) is 11.4 Å². The number of benzene rings is 2. The van der Waals surface area contributed by atoms with Gasteiger partial charge in [0, 0.05) is 19.1 Å². The largest absolute Gasteiger partial charge is 0.329 e. The predicted octanol–water partition coefficient (Wildman–Crippen LogP) is 5.94. The van der Waals surface area contributed by atoms with Crippen LogP contribution in [0.25, 0.3) is 0 Å². The van der Waals surface area contributed by atoms with Gasteiger partial charge in [0.15, 0.2) is 0 Å². The average Bonchev–Trinajstić information content (AvgIpc) is 2.94. The van der Waals surface area contributed by atoms with Crippen LogP contribution in [-0.4, -0.2) is 42.0 Å². The number of hydrogen-bond acceptors (Lipinski definition) is 2. The Labute approximate surface area is 186 Å². The highest BCUT2D eigenvalue weighted by molar-refractivity contribution is 6.01. The minimum Gasteiger partial charge on any atom is -0.324 e. The van der Waals surface area contributed by atoms with Gasteiger partial charge >= 0.3 is 6.03 Å². The molecule has 1 unspecified atom stereocenters. The first-order valence-corrected chi connectivity index (χ1v) is 11.3. The SMILES string of the molecule is Cl.O=C(N1CCCCC1)N1c2ccccc2CC(N2CCCCC2)c2ccccc21. The monoisotopic (exact) mass is 425 g/mol. The Kier molecular flexibility index (Phi) is 6.64. The number of anilines is 2. The maximum atomic E-state index is 13.8. The van der Waals surface area contributed by atoms with Crippen LogP contribution in [0.2, 0.25) is 0 Å². The number of para-hydroxylation sites is 2. The van der Waals surface area contributed by atoms with Crippen LogP contribution in [0.5, 0.6) is 0 Å². The first-order chi connectivity index (χ1) is 14.3. The summed E-state index contributed by atoms with van der Waals surface area (Å²) in [6.07, 6.45) is 8.30. The fourth-order valence-corrected chi connectivity index (χ4v) is 5.31. The van der Waals surface area contributed by atoms with Gasteiger partial charge in [-0.1, -0.05) is 42.8 Å². The van der Waals surface area contributed by atoms with E-state index in [1.165, 1.54) is 36.8 Å². The molecule has 160 valence electrons. The van der Waals surface area contributed by atoms with E-state index in [2.05, 4.69) is 58.3 Å². The fourth-order valence-electron chi connectivity index (χ4n) is 5.31. The first-order valence-electron chi connectivity index (χ1n) is 11.3. The van der Waals surface area contributed by atoms with E-state index in [-0.39, 0.29) is 18.4 Å². The Morgan fingerprint density at radius 3 is 2.07 bits per heavy atom. The van der Waals surface area contributed by atoms with Gasteiger partial charge in [-0.2, -0.15) is 0 Å². The van der Waals surface area contributed by atoms with E-state index in [1.54, 1.807) is 0 Å². The molecule has 5 heteroatoms. The molecule has 4 nitrogen and oxygen atoms in total. The second-order valence-electron chi connectivity index (χ2n) is 8.67. The van der Waals surface area contributed by atoms with Gasteiger partial charge in [0.1, 0.15) is 0 Å². The Hall–Kier alpha value is -2.04. The van der Waals surface area contributed by atoms with Crippen molar-refractivity contribution < 1.29 is 4.79 Å². The fraction of sp³-hybridized carbons (Fsp3) is 0.480. The summed E-state index contributed by atoms with van der Waals surface area (Å²) in [7, 11) is 0. The van der Waals surface area contributed by atoms with Crippen LogP contribution in [0.1, 0.15) is 55.7 Å². The number of carbonyl (C=O) groups is 1. The molecule has 2 aromatic carbocycles. The zero-order chi connectivity index (χ0) is 19.6. The number of fused-ring (bicyclic) bond motifs is 2. The molecule has 5 rings (SSSR count). The van der Waals surface area contributed by atoms with Crippen molar-refractivity contribution >= 4 is 29.8 Å². The quantitative estimate of drug-likeness (QED) is 0.565. The molecule has 0 N–H and O–H groups in total. The highest BCUT2D eigenvalue weighted by atomic mass is 35.5. The number of hydrogen-bond donors (Lipinski definition) is 0. The van der Waals surface area contributed by atoms with Crippen LogP contribution >= 0.6 is 12.4 Å². The second-order valence-corrected chi connectivity index (χ2v) is 8.67. The summed E-state index contributed by atoms with van der Waals surface area (Å²) in [5.74, 6) is 0. The number of halogens is 1. The maximum Gasteiger partial charge on any atom is 0.329 e. The zero-order valence-electron chi connectivity index (χ0n) is 17.6. The van der Waals surface area contributed by atoms with E-state index in [0.29, 0.717) is 6.04 Å². The third-order valence-corrected chi connectivity index (χ3v) is 6.83. The molecule has 2 amide bonds. The van der Waals surface area contributed by atoms with E-state index >= 15 is 0 Å². The van der Waals surface area contributed by atoms with Crippen LogP contribution in [0, 0.1) is 0 Å². The van der Waals surface area contributed by atoms with E-state index < -0.39 is 0 Å². The van der Waals surface area contributed by atoms with E-state index in [0.717, 1.165) is 56.8 Å². The highest BCUT2D eigenvalue weighted by Crippen LogP contribution is 2.43. The molecule has 0 radical (unpaired) electrons. The number of amides is 2. The molecule has 0 spiro atoms. The van der Waals surface area contributed by atoms with Gasteiger partial charge in [-0.25, -0.2) is 4.79 Å². The van der Waals surface area contributed by atoms with Gasteiger partial charge in [-0.3, -0.25) is 9.80 Å². The van der Waals surface area contributed by atoms with Crippen LogP contribution in [0.3, 0.4) is 0 Å². The maximum absolute atomic E-state index is 13.8. The molecular weight excluding hydrogens is 394 g/mol. The summed E-state index contributed by atoms with van der Waals surface area (Å²) >= 11 is 0. The van der Waals surface area contributed by atoms with Gasteiger partial charge in [0.2, 0.25) is 0 Å². The van der Waals surface area contributed by atoms with Crippen LogP contribution in [0.4, 0.5) is 16.2 Å². The van der Waals surface area contributed by atoms with Crippen LogP contribution < -0.4 is 4.90 Å². The Morgan fingerprint density at radius 1 is 0.733 bits per heavy atom. The molecule has 0 aromatic heterocycles. The lowest BCUT2D eigenvalue weighted by Gasteiger charge is -2.36. The van der Waals surface area contributed by atoms with Crippen molar-refractivity contribution in [2.45, 2.75) is 51.0 Å². The summed E-state index contributed by atoms with van der Waals surface area (Å²) in [5.41, 5.74) is 4.72. The lowest BCUT2D eigenvalue weighted by molar-refractivity contribution is 0.163. The lowest BCUT2D eigenvalue weighted by Crippen LogP contribution is -2.44. The van der Waals surface area contributed by atoms with E-state index in [1.807, 2.05) is 4.90 Å². The summed E-state index contributed by atoms with van der Waals surface area (Å²) in [6, 6.07) is 17.6. The number of carbonyl (C=O) groups excluding carboxylic acids is 1. The van der Waals surface area contributed by atoms with Crippen molar-refractivity contribution in [2.24, 2.45) is 0 Å². The molecule has 2 saturated heterocycles. The third-order valence-electron chi connectivity index (χ3n) is 6.83. The molecule has 3 aliphatic heterocycles. The molecule has 1 atom stereocenters. The van der Waals surface area contributed by atoms with E-state index in [4.69, 9.17) is 0 Å². The van der Waals surface area contributed by atoms with Crippen molar-refractivity contribution in [1.29, 1.82) is 0 Å². The number of nitrogens with zero attached hydrogens (tertiary/aromatic N) is 3. The topological polar surface area (TPSA) is 26.8 Å². The normalized spacial score (nSPS) is 21.8. The molecule has 0 saturated carbocycles. The number of rotatable bonds is 1. The van der Waals surface area contributed by atoms with Crippen LogP contribution in [-0.2, 0) is 6.42 Å². The van der Waals surface area contributed by atoms with Crippen molar-refractivity contribution in [3.8, 4) is 0 Å². The predicted molar refractivity (Wildman–Crippen MR) is 125 cm³/mol. The van der Waals surface area contributed by atoms with Gasteiger partial charge in [-0.05, 0) is 74.9 Å². The highest BCUT2D eigenvalue weighted by Gasteiger charge is 2.35. The number of likely N-dealkylation sites (tertiary alicyclic amines) is 2. The molecule has 3 heterocycles. The Morgan fingerprint density at radius 2 is 1.33 bits per heavy atom. The summed E-state index contributed by atoms with van der Waals surface area (Å²) in [4.78, 5) is 20.5. The van der Waals surface area contributed by atoms with Crippen molar-refractivity contribution in [2.75, 3.05) is 31.1 Å². The Balaban J connectivity index is 0.00000218. The van der Waals surface area contributed by atoms with Crippen molar-refractivity contribution in [1.82, 2.24) is 9.80 Å². The number of piperidine rings is 2. The molecule has 2 fully saturated rings. The lowest BCUT2D eigenvalue weighted by atomic mass is 9.95. The summed E-state index contributed by atoms with van der Waals surface area (Å²) in [6.45, 7) is 4.05. The minimum atomic E-state index is 0. The molecule has 30 heavy (non-hydrogen) atoms. The van der Waals surface area contributed by atoms with Gasteiger partial charge in [0.25, 0.3) is 0 Å². The van der Waals surface area contributed by atoms with Gasteiger partial charge in [-0.15, -0.1) is 12.4 Å². The van der Waals surface area contributed by atoms with Gasteiger partial charge < -0.3 is 4.90 Å². The van der Waals surface area contributed by atoms with E-state index in [9.17, 15) is 4.79 Å². The average molecular weight is 426 g/mol. The molecule has 0 aliphatic carbocycles. The number of urea groups is 1. The van der Waals surface area contributed by atoms with Crippen LogP contribution in [0.15, 0.2) is 48.5 Å². The summed E-state index contributed by atoms with van der Waals surface area (Å²) in [5, 5.41) is 0. The second kappa shape index (κ2) is 9.40. The minimum absolute atomic E-state index is 0. The molecule has 0 bridgehead atoms. The first kappa shape index (κ1) is 21.2. The molecule has 2 aromatic rings. The zero-order valence-corrected chi connectivity index (χ0v) is 18.4. The summed E-state index contributed by atoms with van der Waals surface area (Å²) < 4.78 is 0. The third kappa shape index (κ3) is 3.95. The molecular formula is C25H32ClN3O. The molecule has 3 aliphatic rings. The Bertz CT molecular complexity index is 874.